The van der Waals surface area contributed by atoms with Gasteiger partial charge in [0.1, 0.15) is 5.54 Å². The van der Waals surface area contributed by atoms with Crippen LogP contribution in [-0.2, 0) is 10.2 Å². The molecule has 0 aromatic rings. The van der Waals surface area contributed by atoms with E-state index in [0.717, 1.165) is 25.7 Å². The minimum atomic E-state index is -3.49. The third-order valence-corrected chi connectivity index (χ3v) is 4.20. The van der Waals surface area contributed by atoms with Gasteiger partial charge in [0.25, 0.3) is 10.2 Å². The van der Waals surface area contributed by atoms with Crippen molar-refractivity contribution in [1.82, 2.24) is 9.44 Å². The van der Waals surface area contributed by atoms with Crippen LogP contribution in [0.1, 0.15) is 38.5 Å². The van der Waals surface area contributed by atoms with Crippen LogP contribution in [0.15, 0.2) is 0 Å². The van der Waals surface area contributed by atoms with Crippen LogP contribution in [-0.4, -0.2) is 20.0 Å². The molecular formula is C9H15N3O2S. The number of rotatable bonds is 4. The van der Waals surface area contributed by atoms with Gasteiger partial charge in [-0.1, -0.05) is 12.8 Å². The van der Waals surface area contributed by atoms with Gasteiger partial charge in [0.05, 0.1) is 6.07 Å². The van der Waals surface area contributed by atoms with Crippen LogP contribution < -0.4 is 9.44 Å². The SMILES string of the molecule is N#CC1(NS(=O)(=O)NC2CC2)CCCC1. The molecule has 2 rings (SSSR count). The van der Waals surface area contributed by atoms with E-state index in [4.69, 9.17) is 5.26 Å². The Bertz CT molecular complexity index is 375. The fourth-order valence-electron chi connectivity index (χ4n) is 1.92. The summed E-state index contributed by atoms with van der Waals surface area (Å²) in [5.74, 6) is 0. The van der Waals surface area contributed by atoms with Crippen LogP contribution in [0.5, 0.6) is 0 Å². The molecule has 2 saturated carbocycles. The molecule has 0 radical (unpaired) electrons. The minimum Gasteiger partial charge on any atom is -0.199 e. The van der Waals surface area contributed by atoms with Gasteiger partial charge in [0.2, 0.25) is 0 Å². The largest absolute Gasteiger partial charge is 0.278 e. The Morgan fingerprint density at radius 2 is 1.87 bits per heavy atom. The zero-order valence-electron chi connectivity index (χ0n) is 8.49. The second-order valence-electron chi connectivity index (χ2n) is 4.40. The lowest BCUT2D eigenvalue weighted by Crippen LogP contribution is -2.50. The average Bonchev–Trinajstić information content (AvgIpc) is 2.82. The van der Waals surface area contributed by atoms with Crippen LogP contribution in [0.25, 0.3) is 0 Å². The zero-order valence-corrected chi connectivity index (χ0v) is 9.31. The van der Waals surface area contributed by atoms with Crippen molar-refractivity contribution in [3.8, 4) is 6.07 Å². The van der Waals surface area contributed by atoms with Gasteiger partial charge in [0, 0.05) is 6.04 Å². The van der Waals surface area contributed by atoms with E-state index in [1.165, 1.54) is 0 Å². The third-order valence-electron chi connectivity index (χ3n) is 2.90. The number of nitrogens with zero attached hydrogens (tertiary/aromatic N) is 1. The molecule has 0 unspecified atom stereocenters. The van der Waals surface area contributed by atoms with Crippen molar-refractivity contribution in [1.29, 1.82) is 5.26 Å². The standard InChI is InChI=1S/C9H15N3O2S/c10-7-9(5-1-2-6-9)12-15(13,14)11-8-3-4-8/h8,11-12H,1-6H2. The first-order valence-electron chi connectivity index (χ1n) is 5.28. The normalized spacial score (nSPS) is 25.0. The first kappa shape index (κ1) is 10.9. The smallest absolute Gasteiger partial charge is 0.199 e. The lowest BCUT2D eigenvalue weighted by Gasteiger charge is -2.21. The molecule has 6 heteroatoms. The Morgan fingerprint density at radius 1 is 1.27 bits per heavy atom. The zero-order chi connectivity index (χ0) is 10.9. The highest BCUT2D eigenvalue weighted by Crippen LogP contribution is 2.29. The van der Waals surface area contributed by atoms with Crippen molar-refractivity contribution in [3.05, 3.63) is 0 Å². The molecule has 0 aromatic carbocycles. The average molecular weight is 229 g/mol. The predicted molar refractivity (Wildman–Crippen MR) is 55.0 cm³/mol. The predicted octanol–water partition coefficient (Wildman–Crippen LogP) is 0.409. The van der Waals surface area contributed by atoms with Crippen molar-refractivity contribution in [2.75, 3.05) is 0 Å². The summed E-state index contributed by atoms with van der Waals surface area (Å²) in [7, 11) is -3.49. The molecule has 2 aliphatic carbocycles. The van der Waals surface area contributed by atoms with Gasteiger partial charge in [-0.2, -0.15) is 23.1 Å². The molecule has 0 aromatic heterocycles. The first-order chi connectivity index (χ1) is 7.05. The second kappa shape index (κ2) is 3.74. The van der Waals surface area contributed by atoms with Crippen molar-refractivity contribution >= 4 is 10.2 Å². The van der Waals surface area contributed by atoms with Gasteiger partial charge in [-0.25, -0.2) is 0 Å². The third kappa shape index (κ3) is 2.68. The quantitative estimate of drug-likeness (QED) is 0.732. The molecule has 0 aliphatic heterocycles. The van der Waals surface area contributed by atoms with Gasteiger partial charge in [-0.05, 0) is 25.7 Å². The molecule has 0 saturated heterocycles. The van der Waals surface area contributed by atoms with Crippen LogP contribution >= 0.6 is 0 Å². The van der Waals surface area contributed by atoms with E-state index >= 15 is 0 Å². The molecule has 2 fully saturated rings. The highest BCUT2D eigenvalue weighted by atomic mass is 32.2. The summed E-state index contributed by atoms with van der Waals surface area (Å²) in [5.41, 5.74) is -0.860. The fourth-order valence-corrected chi connectivity index (χ4v) is 3.42. The Labute approximate surface area is 90.0 Å². The molecule has 0 bridgehead atoms. The summed E-state index contributed by atoms with van der Waals surface area (Å²) in [6.45, 7) is 0. The Hall–Kier alpha value is -0.640. The van der Waals surface area contributed by atoms with Crippen LogP contribution in [0.2, 0.25) is 0 Å². The molecule has 0 heterocycles. The fraction of sp³-hybridized carbons (Fsp3) is 0.889. The number of hydrogen-bond donors (Lipinski definition) is 2. The summed E-state index contributed by atoms with van der Waals surface area (Å²) in [6.07, 6.45) is 4.88. The molecule has 15 heavy (non-hydrogen) atoms. The van der Waals surface area contributed by atoms with Crippen LogP contribution in [0, 0.1) is 11.3 Å². The molecular weight excluding hydrogens is 214 g/mol. The number of nitrogens with one attached hydrogen (secondary N) is 2. The summed E-state index contributed by atoms with van der Waals surface area (Å²) < 4.78 is 28.3. The molecule has 0 spiro atoms. The van der Waals surface area contributed by atoms with E-state index in [0.29, 0.717) is 12.8 Å². The molecule has 5 nitrogen and oxygen atoms in total. The van der Waals surface area contributed by atoms with Crippen molar-refractivity contribution in [2.45, 2.75) is 50.1 Å². The summed E-state index contributed by atoms with van der Waals surface area (Å²) in [5, 5.41) is 9.02. The van der Waals surface area contributed by atoms with E-state index in [1.54, 1.807) is 0 Å². The molecule has 84 valence electrons. The van der Waals surface area contributed by atoms with E-state index in [9.17, 15) is 8.42 Å². The second-order valence-corrected chi connectivity index (χ2v) is 5.85. The highest BCUT2D eigenvalue weighted by molar-refractivity contribution is 7.87. The Kier molecular flexibility index (Phi) is 2.71. The maximum absolute atomic E-state index is 11.6. The van der Waals surface area contributed by atoms with Crippen LogP contribution in [0.4, 0.5) is 0 Å². The molecule has 2 aliphatic rings. The van der Waals surface area contributed by atoms with E-state index < -0.39 is 15.7 Å². The minimum absolute atomic E-state index is 0.0830. The number of hydrogen-bond acceptors (Lipinski definition) is 3. The highest BCUT2D eigenvalue weighted by Gasteiger charge is 2.39. The maximum atomic E-state index is 11.6. The molecule has 2 N–H and O–H groups in total. The van der Waals surface area contributed by atoms with E-state index in [1.807, 2.05) is 0 Å². The summed E-state index contributed by atoms with van der Waals surface area (Å²) >= 11 is 0. The van der Waals surface area contributed by atoms with E-state index in [2.05, 4.69) is 15.5 Å². The van der Waals surface area contributed by atoms with Crippen LogP contribution in [0.3, 0.4) is 0 Å². The van der Waals surface area contributed by atoms with Crippen molar-refractivity contribution < 1.29 is 8.42 Å². The first-order valence-corrected chi connectivity index (χ1v) is 6.76. The van der Waals surface area contributed by atoms with Crippen molar-refractivity contribution in [3.63, 3.8) is 0 Å². The Balaban J connectivity index is 2.02. The monoisotopic (exact) mass is 229 g/mol. The lowest BCUT2D eigenvalue weighted by molar-refractivity contribution is 0.478. The molecule has 0 amide bonds. The topological polar surface area (TPSA) is 82.0 Å². The van der Waals surface area contributed by atoms with Gasteiger partial charge in [-0.15, -0.1) is 0 Å². The van der Waals surface area contributed by atoms with E-state index in [-0.39, 0.29) is 6.04 Å². The number of nitriles is 1. The van der Waals surface area contributed by atoms with Gasteiger partial charge < -0.3 is 0 Å². The maximum Gasteiger partial charge on any atom is 0.278 e. The Morgan fingerprint density at radius 3 is 2.33 bits per heavy atom. The van der Waals surface area contributed by atoms with Gasteiger partial charge in [-0.3, -0.25) is 0 Å². The summed E-state index contributed by atoms with van der Waals surface area (Å²) in [4.78, 5) is 0. The summed E-state index contributed by atoms with van der Waals surface area (Å²) in [6, 6.07) is 2.18. The van der Waals surface area contributed by atoms with Gasteiger partial charge >= 0.3 is 0 Å². The van der Waals surface area contributed by atoms with Crippen molar-refractivity contribution in [2.24, 2.45) is 0 Å². The lowest BCUT2D eigenvalue weighted by atomic mass is 10.0. The molecule has 0 atom stereocenters. The van der Waals surface area contributed by atoms with Gasteiger partial charge in [0.15, 0.2) is 0 Å².